The van der Waals surface area contributed by atoms with Gasteiger partial charge in [0.2, 0.25) is 0 Å². The van der Waals surface area contributed by atoms with Crippen LogP contribution in [0.5, 0.6) is 0 Å². The first-order valence-electron chi connectivity index (χ1n) is 6.42. The van der Waals surface area contributed by atoms with Gasteiger partial charge >= 0.3 is 0 Å². The first kappa shape index (κ1) is 12.1. The van der Waals surface area contributed by atoms with Crippen molar-refractivity contribution in [1.82, 2.24) is 14.7 Å². The van der Waals surface area contributed by atoms with Crippen molar-refractivity contribution in [2.24, 2.45) is 5.92 Å². The standard InChI is InChI=1S/C13H16N4O2/c1-15(8-10-2-3-10)9-16-13-5-4-12(17(18)19)6-11(13)7-14-16/h4-7,10H,2-3,8-9H2,1H3. The van der Waals surface area contributed by atoms with Crippen LogP contribution in [0.2, 0.25) is 0 Å². The molecule has 0 unspecified atom stereocenters. The van der Waals surface area contributed by atoms with E-state index in [0.29, 0.717) is 0 Å². The van der Waals surface area contributed by atoms with E-state index in [1.54, 1.807) is 18.3 Å². The molecule has 1 aliphatic rings. The predicted octanol–water partition coefficient (Wildman–Crippen LogP) is 2.24. The second-order valence-corrected chi connectivity index (χ2v) is 5.27. The average Bonchev–Trinajstić information content (AvgIpc) is 3.09. The smallest absolute Gasteiger partial charge is 0.270 e. The maximum Gasteiger partial charge on any atom is 0.270 e. The van der Waals surface area contributed by atoms with Crippen LogP contribution in [0.4, 0.5) is 5.69 Å². The van der Waals surface area contributed by atoms with Crippen LogP contribution in [0, 0.1) is 16.0 Å². The molecule has 0 radical (unpaired) electrons. The molecule has 0 bridgehead atoms. The summed E-state index contributed by atoms with van der Waals surface area (Å²) in [6.07, 6.45) is 4.35. The highest BCUT2D eigenvalue weighted by Crippen LogP contribution is 2.29. The molecule has 0 amide bonds. The molecule has 1 fully saturated rings. The van der Waals surface area contributed by atoms with Gasteiger partial charge in [-0.25, -0.2) is 0 Å². The molecule has 100 valence electrons. The number of nitro groups is 1. The number of hydrogen-bond donors (Lipinski definition) is 0. The molecule has 3 rings (SSSR count). The lowest BCUT2D eigenvalue weighted by molar-refractivity contribution is -0.384. The third-order valence-corrected chi connectivity index (χ3v) is 3.48. The van der Waals surface area contributed by atoms with Gasteiger partial charge in [0, 0.05) is 24.1 Å². The maximum atomic E-state index is 10.7. The van der Waals surface area contributed by atoms with Crippen molar-refractivity contribution in [1.29, 1.82) is 0 Å². The Balaban J connectivity index is 1.81. The molecule has 1 aliphatic carbocycles. The molecule has 0 N–H and O–H groups in total. The Morgan fingerprint density at radius 2 is 2.32 bits per heavy atom. The van der Waals surface area contributed by atoms with Gasteiger partial charge in [0.25, 0.3) is 5.69 Å². The molecule has 0 atom stereocenters. The Labute approximate surface area is 110 Å². The van der Waals surface area contributed by atoms with Crippen molar-refractivity contribution < 1.29 is 4.92 Å². The van der Waals surface area contributed by atoms with Crippen molar-refractivity contribution in [2.75, 3.05) is 13.6 Å². The Morgan fingerprint density at radius 3 is 3.00 bits per heavy atom. The molecule has 1 heterocycles. The topological polar surface area (TPSA) is 64.2 Å². The minimum atomic E-state index is -0.379. The average molecular weight is 260 g/mol. The van der Waals surface area contributed by atoms with E-state index >= 15 is 0 Å². The minimum Gasteiger partial charge on any atom is -0.287 e. The van der Waals surface area contributed by atoms with Crippen molar-refractivity contribution in [2.45, 2.75) is 19.5 Å². The van der Waals surface area contributed by atoms with Crippen LogP contribution in [0.15, 0.2) is 24.4 Å². The van der Waals surface area contributed by atoms with Crippen molar-refractivity contribution in [3.8, 4) is 0 Å². The number of non-ortho nitro benzene ring substituents is 1. The number of nitrogens with zero attached hydrogens (tertiary/aromatic N) is 4. The minimum absolute atomic E-state index is 0.110. The second-order valence-electron chi connectivity index (χ2n) is 5.27. The van der Waals surface area contributed by atoms with Crippen LogP contribution in [0.1, 0.15) is 12.8 Å². The van der Waals surface area contributed by atoms with E-state index in [1.165, 1.54) is 18.9 Å². The molecule has 19 heavy (non-hydrogen) atoms. The molecule has 6 heteroatoms. The van der Waals surface area contributed by atoms with Crippen LogP contribution >= 0.6 is 0 Å². The van der Waals surface area contributed by atoms with Gasteiger partial charge in [0.15, 0.2) is 0 Å². The highest BCUT2D eigenvalue weighted by atomic mass is 16.6. The maximum absolute atomic E-state index is 10.7. The molecule has 0 saturated heterocycles. The molecule has 1 aromatic carbocycles. The zero-order valence-electron chi connectivity index (χ0n) is 10.8. The van der Waals surface area contributed by atoms with Crippen LogP contribution < -0.4 is 0 Å². The van der Waals surface area contributed by atoms with Gasteiger partial charge < -0.3 is 0 Å². The van der Waals surface area contributed by atoms with E-state index in [9.17, 15) is 10.1 Å². The summed E-state index contributed by atoms with van der Waals surface area (Å²) >= 11 is 0. The third-order valence-electron chi connectivity index (χ3n) is 3.48. The van der Waals surface area contributed by atoms with E-state index < -0.39 is 0 Å². The second kappa shape index (κ2) is 4.62. The van der Waals surface area contributed by atoms with E-state index in [0.717, 1.165) is 30.0 Å². The summed E-state index contributed by atoms with van der Waals surface area (Å²) in [6, 6.07) is 4.87. The number of hydrogen-bond acceptors (Lipinski definition) is 4. The lowest BCUT2D eigenvalue weighted by atomic mass is 10.2. The monoisotopic (exact) mass is 260 g/mol. The van der Waals surface area contributed by atoms with Gasteiger partial charge in [-0.15, -0.1) is 0 Å². The number of rotatable bonds is 5. The molecule has 1 saturated carbocycles. The van der Waals surface area contributed by atoms with Crippen LogP contribution in [-0.4, -0.2) is 33.2 Å². The summed E-state index contributed by atoms with van der Waals surface area (Å²) in [5, 5.41) is 15.9. The summed E-state index contributed by atoms with van der Waals surface area (Å²) < 4.78 is 1.89. The van der Waals surface area contributed by atoms with Gasteiger partial charge in [-0.2, -0.15) is 5.10 Å². The SMILES string of the molecule is CN(CC1CC1)Cn1ncc2cc([N+](=O)[O-])ccc21. The van der Waals surface area contributed by atoms with E-state index in [4.69, 9.17) is 0 Å². The number of fused-ring (bicyclic) bond motifs is 1. The van der Waals surface area contributed by atoms with Gasteiger partial charge in [-0.1, -0.05) is 0 Å². The summed E-state index contributed by atoms with van der Waals surface area (Å²) in [4.78, 5) is 12.6. The highest BCUT2D eigenvalue weighted by molar-refractivity contribution is 5.81. The molecule has 0 aliphatic heterocycles. The van der Waals surface area contributed by atoms with E-state index in [-0.39, 0.29) is 10.6 Å². The summed E-state index contributed by atoms with van der Waals surface area (Å²) in [7, 11) is 2.08. The number of benzene rings is 1. The lowest BCUT2D eigenvalue weighted by Crippen LogP contribution is -2.24. The van der Waals surface area contributed by atoms with Crippen LogP contribution in [0.25, 0.3) is 10.9 Å². The Hall–Kier alpha value is -1.95. The van der Waals surface area contributed by atoms with Gasteiger partial charge in [-0.3, -0.25) is 19.7 Å². The summed E-state index contributed by atoms with van der Waals surface area (Å²) in [6.45, 7) is 1.81. The molecular formula is C13H16N4O2. The quantitative estimate of drug-likeness (QED) is 0.611. The number of aromatic nitrogens is 2. The molecule has 0 spiro atoms. The van der Waals surface area contributed by atoms with Crippen LogP contribution in [-0.2, 0) is 6.67 Å². The fourth-order valence-electron chi connectivity index (χ4n) is 2.33. The molecule has 1 aromatic heterocycles. The normalized spacial score (nSPS) is 15.3. The largest absolute Gasteiger partial charge is 0.287 e. The Bertz CT molecular complexity index is 618. The predicted molar refractivity (Wildman–Crippen MR) is 71.7 cm³/mol. The van der Waals surface area contributed by atoms with Crippen molar-refractivity contribution in [3.05, 3.63) is 34.5 Å². The van der Waals surface area contributed by atoms with E-state index in [1.807, 2.05) is 4.68 Å². The zero-order valence-corrected chi connectivity index (χ0v) is 10.8. The summed E-state index contributed by atoms with van der Waals surface area (Å²) in [5.74, 6) is 0.841. The first-order valence-corrected chi connectivity index (χ1v) is 6.42. The zero-order chi connectivity index (χ0) is 13.4. The first-order chi connectivity index (χ1) is 9.13. The lowest BCUT2D eigenvalue weighted by Gasteiger charge is -2.16. The molecule has 6 nitrogen and oxygen atoms in total. The highest BCUT2D eigenvalue weighted by Gasteiger charge is 2.23. The molecule has 2 aromatic rings. The van der Waals surface area contributed by atoms with Gasteiger partial charge in [-0.05, 0) is 31.9 Å². The fourth-order valence-corrected chi connectivity index (χ4v) is 2.33. The van der Waals surface area contributed by atoms with Gasteiger partial charge in [0.05, 0.1) is 23.3 Å². The van der Waals surface area contributed by atoms with Crippen molar-refractivity contribution >= 4 is 16.6 Å². The third kappa shape index (κ3) is 2.58. The van der Waals surface area contributed by atoms with Crippen LogP contribution in [0.3, 0.4) is 0 Å². The molecular weight excluding hydrogens is 244 g/mol. The van der Waals surface area contributed by atoms with Gasteiger partial charge in [0.1, 0.15) is 0 Å². The Morgan fingerprint density at radius 1 is 1.53 bits per heavy atom. The fraction of sp³-hybridized carbons (Fsp3) is 0.462. The van der Waals surface area contributed by atoms with E-state index in [2.05, 4.69) is 17.0 Å². The summed E-state index contributed by atoms with van der Waals surface area (Å²) in [5.41, 5.74) is 1.05. The van der Waals surface area contributed by atoms with Crippen molar-refractivity contribution in [3.63, 3.8) is 0 Å². The number of nitro benzene ring substituents is 1. The Kier molecular flexibility index (Phi) is 2.94.